The number of amides is 3. The minimum absolute atomic E-state index is 0.0249. The Balaban J connectivity index is 1.71. The van der Waals surface area contributed by atoms with Crippen molar-refractivity contribution in [2.24, 2.45) is 17.8 Å². The van der Waals surface area contributed by atoms with Crippen LogP contribution in [0.2, 0.25) is 0 Å². The van der Waals surface area contributed by atoms with E-state index in [1.165, 1.54) is 5.01 Å². The maximum atomic E-state index is 13.4. The fourth-order valence-corrected chi connectivity index (χ4v) is 5.12. The van der Waals surface area contributed by atoms with Gasteiger partial charge in [0.05, 0.1) is 17.1 Å². The first-order valence-corrected chi connectivity index (χ1v) is 14.4. The monoisotopic (exact) mass is 563 g/mol. The van der Waals surface area contributed by atoms with Crippen LogP contribution in [0, 0.1) is 17.8 Å². The summed E-state index contributed by atoms with van der Waals surface area (Å²) < 4.78 is 5.76. The van der Waals surface area contributed by atoms with E-state index in [0.29, 0.717) is 25.1 Å². The summed E-state index contributed by atoms with van der Waals surface area (Å²) >= 11 is 0. The molecule has 4 rings (SSSR count). The molecule has 1 aromatic carbocycles. The van der Waals surface area contributed by atoms with E-state index in [0.717, 1.165) is 16.5 Å². The highest BCUT2D eigenvalue weighted by atomic mass is 16.5. The number of carbonyl (C=O) groups is 4. The summed E-state index contributed by atoms with van der Waals surface area (Å²) in [4.78, 5) is 57.7. The van der Waals surface area contributed by atoms with E-state index in [1.54, 1.807) is 13.8 Å². The van der Waals surface area contributed by atoms with Gasteiger partial charge in [0.1, 0.15) is 24.2 Å². The van der Waals surface area contributed by atoms with Gasteiger partial charge in [-0.25, -0.2) is 10.4 Å². The minimum atomic E-state index is -0.876. The van der Waals surface area contributed by atoms with Crippen molar-refractivity contribution >= 4 is 40.7 Å². The number of hydrogen-bond acceptors (Lipinski definition) is 7. The molecule has 2 aromatic rings. The number of fused-ring (bicyclic) bond motifs is 4. The lowest BCUT2D eigenvalue weighted by atomic mass is 9.92. The third-order valence-electron chi connectivity index (χ3n) is 7.68. The Bertz CT molecular complexity index is 1340. The van der Waals surface area contributed by atoms with Gasteiger partial charge in [0.15, 0.2) is 0 Å². The van der Waals surface area contributed by atoms with Crippen molar-refractivity contribution in [3.05, 3.63) is 47.7 Å². The highest BCUT2D eigenvalue weighted by molar-refractivity contribution is 5.93. The van der Waals surface area contributed by atoms with Crippen LogP contribution < -0.4 is 16.1 Å². The fraction of sp³-hybridized carbons (Fsp3) is 0.516. The summed E-state index contributed by atoms with van der Waals surface area (Å²) in [7, 11) is 0. The van der Waals surface area contributed by atoms with Gasteiger partial charge < -0.3 is 15.4 Å². The number of hydrogen-bond donors (Lipinski definition) is 3. The smallest absolute Gasteiger partial charge is 0.325 e. The van der Waals surface area contributed by atoms with E-state index in [2.05, 4.69) is 16.1 Å². The molecule has 5 bridgehead atoms. The van der Waals surface area contributed by atoms with Crippen LogP contribution in [0.25, 0.3) is 17.0 Å². The van der Waals surface area contributed by atoms with Crippen molar-refractivity contribution in [1.82, 2.24) is 26.1 Å². The van der Waals surface area contributed by atoms with Gasteiger partial charge >= 0.3 is 5.97 Å². The minimum Gasteiger partial charge on any atom is -0.455 e. The Morgan fingerprint density at radius 3 is 2.39 bits per heavy atom. The van der Waals surface area contributed by atoms with Crippen molar-refractivity contribution in [3.8, 4) is 0 Å². The molecule has 1 saturated heterocycles. The van der Waals surface area contributed by atoms with Crippen molar-refractivity contribution in [1.29, 1.82) is 0 Å². The van der Waals surface area contributed by atoms with Gasteiger partial charge in [-0.1, -0.05) is 58.0 Å². The maximum absolute atomic E-state index is 13.4. The number of nitrogens with one attached hydrogen (secondary N) is 3. The van der Waals surface area contributed by atoms with E-state index in [1.807, 2.05) is 70.2 Å². The molecule has 10 nitrogen and oxygen atoms in total. The summed E-state index contributed by atoms with van der Waals surface area (Å²) in [5, 5.41) is 7.97. The predicted octanol–water partition coefficient (Wildman–Crippen LogP) is 3.28. The number of carbonyl (C=O) groups excluding carboxylic acids is 4. The van der Waals surface area contributed by atoms with E-state index in [4.69, 9.17) is 9.72 Å². The number of benzene rings is 1. The average Bonchev–Trinajstić information content (AvgIpc) is 2.94. The molecule has 10 heteroatoms. The number of rotatable bonds is 2. The maximum Gasteiger partial charge on any atom is 0.325 e. The molecule has 0 unspecified atom stereocenters. The van der Waals surface area contributed by atoms with Crippen molar-refractivity contribution < 1.29 is 23.9 Å². The number of cyclic esters (lactones) is 1. The van der Waals surface area contributed by atoms with Crippen LogP contribution in [0.5, 0.6) is 0 Å². The van der Waals surface area contributed by atoms with Gasteiger partial charge in [-0.2, -0.15) is 0 Å². The van der Waals surface area contributed by atoms with Crippen LogP contribution in [0.4, 0.5) is 0 Å². The molecule has 0 spiro atoms. The SMILES string of the molecule is CC(C)[C@@H]1NC(=O)[C@@H](C(C)C)/C=C/c2ccc3ccc(nc3c2)[C@@H](C)OC(=O)[C@@H]2CCCN(N2)C(=O)[C@H](C)NC1=O. The lowest BCUT2D eigenvalue weighted by Crippen LogP contribution is -2.61. The largest absolute Gasteiger partial charge is 0.455 e. The predicted molar refractivity (Wildman–Crippen MR) is 156 cm³/mol. The second kappa shape index (κ2) is 12.8. The summed E-state index contributed by atoms with van der Waals surface area (Å²) in [6, 6.07) is 7.20. The Kier molecular flexibility index (Phi) is 9.42. The molecule has 2 aliphatic rings. The molecule has 2 aliphatic heterocycles. The van der Waals surface area contributed by atoms with E-state index >= 15 is 0 Å². The van der Waals surface area contributed by atoms with Gasteiger partial charge in [-0.05, 0) is 56.2 Å². The van der Waals surface area contributed by atoms with Crippen molar-refractivity contribution in [2.45, 2.75) is 78.6 Å². The summed E-state index contributed by atoms with van der Waals surface area (Å²) in [6.07, 6.45) is 4.23. The lowest BCUT2D eigenvalue weighted by molar-refractivity contribution is -0.157. The number of aromatic nitrogens is 1. The van der Waals surface area contributed by atoms with Crippen LogP contribution in [-0.2, 0) is 23.9 Å². The van der Waals surface area contributed by atoms with E-state index in [-0.39, 0.29) is 23.7 Å². The van der Waals surface area contributed by atoms with E-state index in [9.17, 15) is 19.2 Å². The molecular weight excluding hydrogens is 522 g/mol. The number of nitrogens with zero attached hydrogens (tertiary/aromatic N) is 2. The molecule has 1 aromatic heterocycles. The molecule has 1 fully saturated rings. The third-order valence-corrected chi connectivity index (χ3v) is 7.68. The van der Waals surface area contributed by atoms with Crippen LogP contribution in [0.1, 0.15) is 71.7 Å². The standard InChI is InChI=1S/C31H41N5O5/c1-17(2)23-13-10-21-9-11-22-12-14-24(33-26(22)16-21)20(6)41-31(40)25-8-7-15-36(35-25)30(39)19(5)32-29(38)27(18(3)4)34-28(23)37/h9-14,16-20,23,25,27,35H,7-8,15H2,1-6H3,(H,32,38)(H,34,37)/b13-10+/t19-,20+,23+,25-,27-/m0/s1. The zero-order valence-electron chi connectivity index (χ0n) is 24.6. The third kappa shape index (κ3) is 7.11. The Labute approximate surface area is 241 Å². The van der Waals surface area contributed by atoms with Gasteiger partial charge in [-0.15, -0.1) is 0 Å². The molecule has 0 radical (unpaired) electrons. The van der Waals surface area contributed by atoms with Gasteiger partial charge in [0.25, 0.3) is 5.91 Å². The zero-order valence-corrected chi connectivity index (χ0v) is 24.6. The van der Waals surface area contributed by atoms with Crippen LogP contribution >= 0.6 is 0 Å². The molecule has 220 valence electrons. The normalized spacial score (nSPS) is 27.5. The molecule has 3 heterocycles. The Morgan fingerprint density at radius 1 is 0.951 bits per heavy atom. The van der Waals surface area contributed by atoms with Gasteiger partial charge in [0.2, 0.25) is 11.8 Å². The number of ether oxygens (including phenoxy) is 1. The molecule has 5 atom stereocenters. The quantitative estimate of drug-likeness (QED) is 0.478. The van der Waals surface area contributed by atoms with Crippen LogP contribution in [-0.4, -0.2) is 58.4 Å². The van der Waals surface area contributed by atoms with Crippen LogP contribution in [0.15, 0.2) is 36.4 Å². The fourth-order valence-electron chi connectivity index (χ4n) is 5.12. The first-order valence-electron chi connectivity index (χ1n) is 14.4. The molecular formula is C31H41N5O5. The number of hydrazine groups is 1. The Hall–Kier alpha value is -3.79. The highest BCUT2D eigenvalue weighted by Gasteiger charge is 2.34. The zero-order chi connectivity index (χ0) is 29.8. The first-order chi connectivity index (χ1) is 19.4. The van der Waals surface area contributed by atoms with Gasteiger partial charge in [-0.3, -0.25) is 24.2 Å². The average molecular weight is 564 g/mol. The van der Waals surface area contributed by atoms with Gasteiger partial charge in [0, 0.05) is 11.9 Å². The second-order valence-electron chi connectivity index (χ2n) is 11.7. The van der Waals surface area contributed by atoms with Crippen molar-refractivity contribution in [2.75, 3.05) is 6.54 Å². The molecule has 3 N–H and O–H groups in total. The summed E-state index contributed by atoms with van der Waals surface area (Å²) in [6.45, 7) is 11.4. The topological polar surface area (TPSA) is 130 Å². The summed E-state index contributed by atoms with van der Waals surface area (Å²) in [5.41, 5.74) is 5.20. The van der Waals surface area contributed by atoms with E-state index < -0.39 is 42.0 Å². The van der Waals surface area contributed by atoms with Crippen molar-refractivity contribution in [3.63, 3.8) is 0 Å². The Morgan fingerprint density at radius 2 is 1.68 bits per heavy atom. The molecule has 41 heavy (non-hydrogen) atoms. The second-order valence-corrected chi connectivity index (χ2v) is 11.7. The summed E-state index contributed by atoms with van der Waals surface area (Å²) in [5.74, 6) is -2.28. The van der Waals surface area contributed by atoms with Crippen LogP contribution in [0.3, 0.4) is 0 Å². The first kappa shape index (κ1) is 30.2. The number of esters is 1. The number of pyridine rings is 1. The lowest BCUT2D eigenvalue weighted by Gasteiger charge is -2.35. The highest BCUT2D eigenvalue weighted by Crippen LogP contribution is 2.23. The molecule has 0 aliphatic carbocycles. The molecule has 3 amide bonds. The molecule has 0 saturated carbocycles.